The highest BCUT2D eigenvalue weighted by Gasteiger charge is 2.64. The zero-order valence-corrected chi connectivity index (χ0v) is 61.2. The molecule has 37 heteroatoms. The summed E-state index contributed by atoms with van der Waals surface area (Å²) in [6.45, 7) is 11.3. The minimum Gasteiger partial charge on any atom is -0.465 e. The zero-order valence-electron chi connectivity index (χ0n) is 57.4. The van der Waals surface area contributed by atoms with Gasteiger partial charge in [-0.05, 0) is 163 Å². The summed E-state index contributed by atoms with van der Waals surface area (Å²) in [5.74, 6) is -1.23. The van der Waals surface area contributed by atoms with Crippen molar-refractivity contribution in [2.24, 2.45) is 28.0 Å². The molecule has 0 bridgehead atoms. The Bertz CT molecular complexity index is 4050. The van der Waals surface area contributed by atoms with Crippen molar-refractivity contribution in [3.05, 3.63) is 109 Å². The van der Waals surface area contributed by atoms with Crippen LogP contribution in [0.25, 0.3) is 11.0 Å². The number of nitrogens with one attached hydrogen (secondary N) is 2. The van der Waals surface area contributed by atoms with E-state index in [1.54, 1.807) is 92.0 Å². The Balaban J connectivity index is 0.000000186. The van der Waals surface area contributed by atoms with Crippen LogP contribution in [0.5, 0.6) is 11.5 Å². The third-order valence-corrected chi connectivity index (χ3v) is 22.3. The van der Waals surface area contributed by atoms with E-state index in [-0.39, 0.29) is 69.2 Å². The molecular weight excluding hydrogens is 1400 g/mol. The normalized spacial score (nSPS) is 27.7. The molecule has 3 saturated heterocycles. The van der Waals surface area contributed by atoms with Gasteiger partial charge in [0.15, 0.2) is 26.0 Å². The van der Waals surface area contributed by atoms with Crippen molar-refractivity contribution in [1.29, 1.82) is 10.5 Å². The van der Waals surface area contributed by atoms with Crippen LogP contribution in [0.1, 0.15) is 123 Å². The minimum absolute atomic E-state index is 0.0557. The van der Waals surface area contributed by atoms with Crippen LogP contribution in [-0.2, 0) is 60.7 Å². The van der Waals surface area contributed by atoms with Crippen LogP contribution in [0.4, 0.5) is 16.4 Å². The lowest BCUT2D eigenvalue weighted by molar-refractivity contribution is -0.205. The average molecular weight is 1490 g/mol. The number of alkyl carbamates (subject to hydrolysis) is 1. The summed E-state index contributed by atoms with van der Waals surface area (Å²) in [5.41, 5.74) is 15.5. The van der Waals surface area contributed by atoms with Gasteiger partial charge in [-0.1, -0.05) is 43.3 Å². The number of benzene rings is 2. The number of hydrogen-bond acceptors (Lipinski definition) is 29. The van der Waals surface area contributed by atoms with E-state index in [0.717, 1.165) is 51.4 Å². The highest BCUT2D eigenvalue weighted by atomic mass is 31.2. The zero-order chi connectivity index (χ0) is 73.8. The van der Waals surface area contributed by atoms with Crippen LogP contribution < -0.4 is 36.7 Å². The van der Waals surface area contributed by atoms with Gasteiger partial charge in [0.25, 0.3) is 0 Å². The summed E-state index contributed by atoms with van der Waals surface area (Å²) >= 11 is 0. The van der Waals surface area contributed by atoms with E-state index in [1.807, 2.05) is 39.0 Å². The highest BCUT2D eigenvalue weighted by molar-refractivity contribution is 7.59. The van der Waals surface area contributed by atoms with Crippen molar-refractivity contribution >= 4 is 74.0 Å². The number of aromatic nitrogens is 6. The molecule has 552 valence electrons. The number of hydrogen-bond donors (Lipinski definition) is 8. The average Bonchev–Trinajstić information content (AvgIpc) is 1.58. The van der Waals surface area contributed by atoms with Crippen molar-refractivity contribution in [2.45, 2.75) is 177 Å². The molecular formula is C65H88N14O19P4. The molecule has 7 heterocycles. The number of fused-ring (bicyclic) bond motifs is 3. The monoisotopic (exact) mass is 1490 g/mol. The van der Waals surface area contributed by atoms with Gasteiger partial charge in [-0.2, -0.15) is 25.8 Å². The first-order valence-electron chi connectivity index (χ1n) is 33.1. The molecule has 5 fully saturated rings. The second-order valence-electron chi connectivity index (χ2n) is 26.9. The Hall–Kier alpha value is -7.38. The molecule has 3 unspecified atom stereocenters. The van der Waals surface area contributed by atoms with Crippen LogP contribution in [0.15, 0.2) is 102 Å². The van der Waals surface area contributed by atoms with Crippen molar-refractivity contribution < 1.29 is 89.9 Å². The Labute approximate surface area is 593 Å². The molecule has 11 rings (SSSR count). The molecule has 6 aromatic rings. The van der Waals surface area contributed by atoms with Gasteiger partial charge in [0.05, 0.1) is 43.3 Å². The number of aliphatic hydroxyl groups is 3. The number of carbonyl (C=O) groups is 3. The van der Waals surface area contributed by atoms with E-state index in [4.69, 9.17) is 68.2 Å². The summed E-state index contributed by atoms with van der Waals surface area (Å²) in [7, 11) is -5.81. The second-order valence-corrected chi connectivity index (χ2v) is 32.1. The van der Waals surface area contributed by atoms with Gasteiger partial charge in [-0.15, -0.1) is 0 Å². The highest BCUT2D eigenvalue weighted by Crippen LogP contribution is 2.54. The summed E-state index contributed by atoms with van der Waals surface area (Å²) in [6.07, 6.45) is 2.14. The second kappa shape index (κ2) is 34.0. The summed E-state index contributed by atoms with van der Waals surface area (Å²) < 4.78 is 96.1. The Morgan fingerprint density at radius 2 is 1.29 bits per heavy atom. The number of nitrogens with two attached hydrogens (primary N) is 3. The van der Waals surface area contributed by atoms with Crippen molar-refractivity contribution in [2.75, 3.05) is 44.1 Å². The molecule has 4 aromatic heterocycles. The topological polar surface area (TPSA) is 470 Å². The van der Waals surface area contributed by atoms with Crippen LogP contribution >= 0.6 is 33.3 Å². The number of nitriles is 2. The number of ether oxygens (including phenoxy) is 7. The largest absolute Gasteiger partial charge is 0.465 e. The number of nitrogens with zero attached hydrogens (tertiary/aromatic N) is 9. The molecule has 13 atom stereocenters. The standard InChI is InChI=1S/C28H36N7O8P.C22H35N2O7P3.C15H17N5O4/c1-17(27(38)40-13-18-7-9-19(30)10-8-18)34-44(39,43-20-5-3-2-4-6-20)41-15-28(14-29)25(37)23(36)24(42-28)21-11-12-22-26(31)32-16-33-35(21)22;1-16(15-34(27,31-33-24-32)30-19-8-6-5-7-9-19)20(25)28-14-17-10-12-18(13-11-17)23-21(26)29-22(2,3)4;1-14(2)22-11-10(23-15(5-16,6-21)12(11)24-14)8-3-4-9-13(17)18-7-19-20(8)9/h2-6,11-12,16-19,23-25,36-37H,7-10,13,15,30H2,1H3,(H,34,39)(H2,31,32,33);5-9,16-18H,10-15,32H2,1-4H3,(H,23,26);3-4,7,10-12,21H,6H2,1-2H3,(H2,17,18,19)/t17-,18?,19?,23-,24-,25-,28+,44?;16-,17?,18?,34?;10-,11-,12-,15+/m010/s1. The third kappa shape index (κ3) is 19.7. The first-order valence-corrected chi connectivity index (χ1v) is 37.6. The van der Waals surface area contributed by atoms with Gasteiger partial charge in [-0.3, -0.25) is 14.1 Å². The third-order valence-electron chi connectivity index (χ3n) is 17.5. The number of esters is 2. The SMILES string of the molecule is CC1(C)O[C@H]2[C@H](c3ccc4c(N)ncnn34)O[C@](C#N)(CO)[C@H]2O1.C[C@H](CP(=O)(OP=NP)Oc1ccccc1)C(=O)OCC1CCC(NC(=O)OC(C)(C)C)CC1.C[C@H](NP(=O)(OC[C@@]1(C#N)O[C@@H](c2ccc3c(N)ncnn23)[C@H](O)[C@@H]1O)Oc1ccccc1)C(=O)OCC1CCC(N)CC1. The fraction of sp³-hybridized carbons (Fsp3) is 0.554. The fourth-order valence-electron chi connectivity index (χ4n) is 12.2. The van der Waals surface area contributed by atoms with Gasteiger partial charge in [-0.25, -0.2) is 41.7 Å². The fourth-order valence-corrected chi connectivity index (χ4v) is 16.5. The number of anilines is 2. The summed E-state index contributed by atoms with van der Waals surface area (Å²) in [4.78, 5) is 45.2. The lowest BCUT2D eigenvalue weighted by Gasteiger charge is -2.30. The van der Waals surface area contributed by atoms with Crippen molar-refractivity contribution in [1.82, 2.24) is 39.6 Å². The van der Waals surface area contributed by atoms with Gasteiger partial charge in [0, 0.05) is 12.1 Å². The first-order chi connectivity index (χ1) is 48.4. The van der Waals surface area contributed by atoms with E-state index in [1.165, 1.54) is 36.2 Å². The molecule has 5 aliphatic rings. The minimum atomic E-state index is -4.43. The summed E-state index contributed by atoms with van der Waals surface area (Å²) in [6, 6.07) is 26.4. The molecule has 1 amide bonds. The van der Waals surface area contributed by atoms with E-state index in [2.05, 4.69) is 44.5 Å². The number of para-hydroxylation sites is 2. The number of aliphatic hydroxyl groups excluding tert-OH is 3. The lowest BCUT2D eigenvalue weighted by Crippen LogP contribution is -2.46. The van der Waals surface area contributed by atoms with Gasteiger partial charge < -0.3 is 80.0 Å². The van der Waals surface area contributed by atoms with Crippen molar-refractivity contribution in [3.8, 4) is 23.6 Å². The Morgan fingerprint density at radius 1 is 0.765 bits per heavy atom. The quantitative estimate of drug-likeness (QED) is 0.0170. The predicted octanol–water partition coefficient (Wildman–Crippen LogP) is 8.14. The van der Waals surface area contributed by atoms with Crippen LogP contribution in [-0.4, -0.2) is 160 Å². The molecule has 2 aliphatic carbocycles. The maximum absolute atomic E-state index is 14.0. The van der Waals surface area contributed by atoms with Crippen molar-refractivity contribution in [3.63, 3.8) is 0 Å². The molecule has 2 aromatic carbocycles. The van der Waals surface area contributed by atoms with E-state index in [9.17, 15) is 49.4 Å². The maximum atomic E-state index is 14.0. The van der Waals surface area contributed by atoms with E-state index in [0.29, 0.717) is 28.3 Å². The number of carbonyl (C=O) groups excluding carboxylic acids is 3. The number of nitrogen functional groups attached to an aromatic ring is 2. The maximum Gasteiger partial charge on any atom is 0.459 e. The van der Waals surface area contributed by atoms with E-state index >= 15 is 0 Å². The smallest absolute Gasteiger partial charge is 0.459 e. The number of rotatable bonds is 23. The number of amides is 1. The predicted molar refractivity (Wildman–Crippen MR) is 371 cm³/mol. The first kappa shape index (κ1) is 78.8. The Kier molecular flexibility index (Phi) is 26.3. The lowest BCUT2D eigenvalue weighted by atomic mass is 9.86. The molecule has 11 N–H and O–H groups in total. The van der Waals surface area contributed by atoms with Crippen LogP contribution in [0.3, 0.4) is 0 Å². The molecule has 3 aliphatic heterocycles. The molecule has 0 radical (unpaired) electrons. The molecule has 2 saturated carbocycles. The van der Waals surface area contributed by atoms with Gasteiger partial charge >= 0.3 is 33.4 Å². The van der Waals surface area contributed by atoms with Gasteiger partial charge in [0.2, 0.25) is 11.2 Å². The molecule has 0 spiro atoms. The van der Waals surface area contributed by atoms with Crippen LogP contribution in [0, 0.1) is 40.4 Å². The van der Waals surface area contributed by atoms with Crippen LogP contribution in [0.2, 0.25) is 0 Å². The summed E-state index contributed by atoms with van der Waals surface area (Å²) in [5, 5.41) is 65.2. The molecule has 33 nitrogen and oxygen atoms in total. The van der Waals surface area contributed by atoms with E-state index < -0.39 is 118 Å². The van der Waals surface area contributed by atoms with Gasteiger partial charge in [0.1, 0.15) is 102 Å². The molecule has 102 heavy (non-hydrogen) atoms. The Morgan fingerprint density at radius 3 is 1.83 bits per heavy atom.